The molecule has 328 valence electrons. The molecule has 0 aliphatic carbocycles. The number of ketones is 1. The topological polar surface area (TPSA) is 125 Å². The Labute approximate surface area is 347 Å². The van der Waals surface area contributed by atoms with Gasteiger partial charge in [-0.25, -0.2) is 4.57 Å². The van der Waals surface area contributed by atoms with Gasteiger partial charge in [0.2, 0.25) is 0 Å². The molecule has 0 heterocycles. The van der Waals surface area contributed by atoms with Gasteiger partial charge in [-0.2, -0.15) is 0 Å². The summed E-state index contributed by atoms with van der Waals surface area (Å²) in [6.45, 7) is 4.14. The second-order valence-electron chi connectivity index (χ2n) is 15.8. The van der Waals surface area contributed by atoms with Gasteiger partial charge in [0, 0.05) is 19.3 Å². The second kappa shape index (κ2) is 37.6. The fourth-order valence-electron chi connectivity index (χ4n) is 5.48. The molecule has 0 saturated heterocycles. The van der Waals surface area contributed by atoms with Crippen molar-refractivity contribution >= 4 is 25.5 Å². The number of rotatable bonds is 39. The summed E-state index contributed by atoms with van der Waals surface area (Å²) in [5.41, 5.74) is 0. The smallest absolute Gasteiger partial charge is 0.462 e. The lowest BCUT2D eigenvalue weighted by molar-refractivity contribution is -0.870. The molecule has 0 aromatic rings. The molecule has 2 atom stereocenters. The first-order valence-corrected chi connectivity index (χ1v) is 23.5. The molecule has 0 spiro atoms. The standard InChI is InChI=1S/C46H80NO9P/c1-6-8-10-11-12-13-14-15-16-17-20-23-26-29-33-37-45(49)53-41-44(42-55-57(51,52)54-40-39-47(3,4)5)56-46(50)38-34-30-27-24-21-18-19-22-25-28-32-36-43(48)35-31-9-7-2/h13-14,18-19,24-25,27-28,32,36,44H,6-12,15-17,20-23,26,29-31,33-35,37-42H2,1-5H3/p+1/b14-13-,19-18-,27-24-,28-25-,36-32+/t44-/m1/s1. The number of allylic oxidation sites excluding steroid dienone is 10. The lowest BCUT2D eigenvalue weighted by atomic mass is 10.1. The number of phosphoric acid groups is 1. The highest BCUT2D eigenvalue weighted by Gasteiger charge is 2.27. The number of phosphoric ester groups is 1. The summed E-state index contributed by atoms with van der Waals surface area (Å²) in [6, 6.07) is 0. The Hall–Kier alpha value is -2.62. The second-order valence-corrected chi connectivity index (χ2v) is 17.2. The fraction of sp³-hybridized carbons (Fsp3) is 0.717. The van der Waals surface area contributed by atoms with Gasteiger partial charge in [-0.1, -0.05) is 133 Å². The summed E-state index contributed by atoms with van der Waals surface area (Å²) in [4.78, 5) is 47.1. The lowest BCUT2D eigenvalue weighted by Gasteiger charge is -2.24. The Balaban J connectivity index is 4.52. The molecule has 0 saturated carbocycles. The third-order valence-electron chi connectivity index (χ3n) is 9.00. The molecule has 0 rings (SSSR count). The maximum absolute atomic E-state index is 12.7. The molecule has 0 aliphatic rings. The number of carbonyl (C=O) groups excluding carboxylic acids is 3. The number of quaternary nitrogens is 1. The van der Waals surface area contributed by atoms with Crippen molar-refractivity contribution in [2.45, 2.75) is 168 Å². The van der Waals surface area contributed by atoms with Crippen LogP contribution in [0.1, 0.15) is 162 Å². The Morgan fingerprint density at radius 2 is 1.12 bits per heavy atom. The van der Waals surface area contributed by atoms with Gasteiger partial charge < -0.3 is 18.9 Å². The van der Waals surface area contributed by atoms with Crippen LogP contribution < -0.4 is 0 Å². The highest BCUT2D eigenvalue weighted by molar-refractivity contribution is 7.47. The van der Waals surface area contributed by atoms with Crippen LogP contribution in [0.25, 0.3) is 0 Å². The molecule has 0 amide bonds. The van der Waals surface area contributed by atoms with E-state index in [0.29, 0.717) is 36.7 Å². The Kier molecular flexibility index (Phi) is 35.9. The first kappa shape index (κ1) is 54.4. The minimum absolute atomic E-state index is 0.00769. The number of nitrogens with zero attached hydrogens (tertiary/aromatic N) is 1. The molecule has 1 unspecified atom stereocenters. The summed E-state index contributed by atoms with van der Waals surface area (Å²) in [5, 5.41) is 0. The Bertz CT molecular complexity index is 1220. The summed E-state index contributed by atoms with van der Waals surface area (Å²) < 4.78 is 34.2. The van der Waals surface area contributed by atoms with Crippen LogP contribution in [0.3, 0.4) is 0 Å². The molecule has 0 fully saturated rings. The number of hydrogen-bond donors (Lipinski definition) is 1. The van der Waals surface area contributed by atoms with Gasteiger partial charge >= 0.3 is 19.8 Å². The molecule has 57 heavy (non-hydrogen) atoms. The van der Waals surface area contributed by atoms with Gasteiger partial charge in [-0.15, -0.1) is 0 Å². The van der Waals surface area contributed by atoms with Crippen molar-refractivity contribution in [1.29, 1.82) is 0 Å². The minimum Gasteiger partial charge on any atom is -0.462 e. The van der Waals surface area contributed by atoms with E-state index in [1.807, 2.05) is 45.4 Å². The largest absolute Gasteiger partial charge is 0.472 e. The molecule has 1 N–H and O–H groups in total. The normalized spacial score (nSPS) is 14.1. The number of esters is 2. The minimum atomic E-state index is -4.41. The van der Waals surface area contributed by atoms with Crippen molar-refractivity contribution in [3.8, 4) is 0 Å². The third kappa shape index (κ3) is 41.3. The summed E-state index contributed by atoms with van der Waals surface area (Å²) >= 11 is 0. The molecule has 0 radical (unpaired) electrons. The number of carbonyl (C=O) groups is 3. The quantitative estimate of drug-likeness (QED) is 0.0123. The van der Waals surface area contributed by atoms with Crippen molar-refractivity contribution in [2.24, 2.45) is 0 Å². The van der Waals surface area contributed by atoms with Crippen LogP contribution in [0.15, 0.2) is 60.8 Å². The monoisotopic (exact) mass is 823 g/mol. The molecular weight excluding hydrogens is 741 g/mol. The van der Waals surface area contributed by atoms with E-state index >= 15 is 0 Å². The van der Waals surface area contributed by atoms with Crippen LogP contribution in [0.2, 0.25) is 0 Å². The van der Waals surface area contributed by atoms with E-state index in [1.54, 1.807) is 12.2 Å². The van der Waals surface area contributed by atoms with Crippen molar-refractivity contribution in [3.63, 3.8) is 0 Å². The maximum Gasteiger partial charge on any atom is 0.472 e. The van der Waals surface area contributed by atoms with Gasteiger partial charge in [0.25, 0.3) is 0 Å². The molecule has 0 aromatic carbocycles. The third-order valence-corrected chi connectivity index (χ3v) is 9.98. The summed E-state index contributed by atoms with van der Waals surface area (Å²) in [6.07, 6.45) is 41.1. The van der Waals surface area contributed by atoms with Crippen LogP contribution in [0, 0.1) is 0 Å². The van der Waals surface area contributed by atoms with E-state index in [1.165, 1.54) is 51.4 Å². The average molecular weight is 823 g/mol. The lowest BCUT2D eigenvalue weighted by Crippen LogP contribution is -2.37. The first-order valence-electron chi connectivity index (χ1n) is 22.0. The van der Waals surface area contributed by atoms with E-state index < -0.39 is 32.5 Å². The van der Waals surface area contributed by atoms with E-state index in [2.05, 4.69) is 38.2 Å². The van der Waals surface area contributed by atoms with Gasteiger partial charge in [-0.3, -0.25) is 23.4 Å². The Morgan fingerprint density at radius 3 is 1.79 bits per heavy atom. The fourth-order valence-corrected chi connectivity index (χ4v) is 6.23. The first-order chi connectivity index (χ1) is 27.4. The number of likely N-dealkylation sites (N-methyl/N-ethyl adjacent to an activating group) is 1. The van der Waals surface area contributed by atoms with Gasteiger partial charge in [0.1, 0.15) is 19.8 Å². The van der Waals surface area contributed by atoms with Crippen LogP contribution >= 0.6 is 7.82 Å². The average Bonchev–Trinajstić information content (AvgIpc) is 3.15. The van der Waals surface area contributed by atoms with Crippen molar-refractivity contribution in [1.82, 2.24) is 0 Å². The van der Waals surface area contributed by atoms with Gasteiger partial charge in [0.15, 0.2) is 11.9 Å². The molecule has 0 bridgehead atoms. The zero-order valence-electron chi connectivity index (χ0n) is 36.6. The van der Waals surface area contributed by atoms with Crippen LogP contribution in [0.5, 0.6) is 0 Å². The predicted octanol–water partition coefficient (Wildman–Crippen LogP) is 11.6. The molecule has 0 aromatic heterocycles. The van der Waals surface area contributed by atoms with Crippen LogP contribution in [-0.2, 0) is 37.5 Å². The Morgan fingerprint density at radius 1 is 0.596 bits per heavy atom. The number of unbranched alkanes of at least 4 members (excludes halogenated alkanes) is 14. The zero-order chi connectivity index (χ0) is 42.3. The molecule has 11 heteroatoms. The summed E-state index contributed by atoms with van der Waals surface area (Å²) in [5.74, 6) is -0.740. The van der Waals surface area contributed by atoms with Crippen molar-refractivity contribution in [2.75, 3.05) is 47.5 Å². The number of ether oxygens (including phenoxy) is 2. The SMILES string of the molecule is CCCCCC/C=C\CCCCCCCCCC(=O)OC[C@H](COP(=O)(O)OCC[N+](C)(C)C)OC(=O)CCC/C=C\C/C=C\C/C=C\C=C\C(=O)CCCCC. The summed E-state index contributed by atoms with van der Waals surface area (Å²) in [7, 11) is 1.39. The highest BCUT2D eigenvalue weighted by atomic mass is 31.2. The maximum atomic E-state index is 12.7. The van der Waals surface area contributed by atoms with Gasteiger partial charge in [0.05, 0.1) is 27.7 Å². The van der Waals surface area contributed by atoms with E-state index in [-0.39, 0.29) is 31.8 Å². The molecule has 0 aliphatic heterocycles. The van der Waals surface area contributed by atoms with E-state index in [4.69, 9.17) is 18.5 Å². The van der Waals surface area contributed by atoms with E-state index in [9.17, 15) is 23.8 Å². The van der Waals surface area contributed by atoms with Crippen LogP contribution in [-0.4, -0.2) is 80.7 Å². The highest BCUT2D eigenvalue weighted by Crippen LogP contribution is 2.43. The van der Waals surface area contributed by atoms with Gasteiger partial charge in [-0.05, 0) is 70.3 Å². The molecular formula is C46H81NO9P+. The van der Waals surface area contributed by atoms with Crippen molar-refractivity contribution < 1.29 is 46.8 Å². The van der Waals surface area contributed by atoms with Crippen LogP contribution in [0.4, 0.5) is 0 Å². The van der Waals surface area contributed by atoms with Crippen molar-refractivity contribution in [3.05, 3.63) is 60.8 Å². The van der Waals surface area contributed by atoms with E-state index in [0.717, 1.165) is 57.8 Å². The number of hydrogen-bond acceptors (Lipinski definition) is 8. The molecule has 10 nitrogen and oxygen atoms in total. The zero-order valence-corrected chi connectivity index (χ0v) is 37.4. The predicted molar refractivity (Wildman–Crippen MR) is 234 cm³/mol.